The largest absolute Gasteiger partial charge is 0.349 e. The van der Waals surface area contributed by atoms with Gasteiger partial charge in [0.2, 0.25) is 5.91 Å². The number of anilines is 2. The fourth-order valence-corrected chi connectivity index (χ4v) is 2.34. The first-order chi connectivity index (χ1) is 12.4. The zero-order valence-electron chi connectivity index (χ0n) is 15.3. The van der Waals surface area contributed by atoms with Crippen LogP contribution in [-0.2, 0) is 4.79 Å². The van der Waals surface area contributed by atoms with Gasteiger partial charge in [-0.3, -0.25) is 4.79 Å². The van der Waals surface area contributed by atoms with Crippen molar-refractivity contribution in [3.8, 4) is 0 Å². The molecule has 3 amide bonds. The first kappa shape index (κ1) is 19.5. The third-order valence-corrected chi connectivity index (χ3v) is 4.26. The Morgan fingerprint density at radius 3 is 1.92 bits per heavy atom. The summed E-state index contributed by atoms with van der Waals surface area (Å²) in [5.74, 6) is -0.322. The Morgan fingerprint density at radius 2 is 1.38 bits per heavy atom. The molecule has 3 unspecified atom stereocenters. The van der Waals surface area contributed by atoms with Crippen molar-refractivity contribution in [3.63, 3.8) is 0 Å². The van der Waals surface area contributed by atoms with Gasteiger partial charge < -0.3 is 21.7 Å². The van der Waals surface area contributed by atoms with Crippen molar-refractivity contribution in [1.82, 2.24) is 5.32 Å². The van der Waals surface area contributed by atoms with Crippen LogP contribution in [0.4, 0.5) is 16.2 Å². The molecule has 6 heteroatoms. The highest BCUT2D eigenvalue weighted by Gasteiger charge is 2.19. The SMILES string of the molecule is CC(NC(=O)C(C)C(C)N)c1ccc(NC(=O)Nc2ccccc2)cc1. The predicted octanol–water partition coefficient (Wildman–Crippen LogP) is 3.49. The summed E-state index contributed by atoms with van der Waals surface area (Å²) >= 11 is 0. The van der Waals surface area contributed by atoms with E-state index < -0.39 is 0 Å². The van der Waals surface area contributed by atoms with Gasteiger partial charge in [-0.25, -0.2) is 4.79 Å². The number of nitrogens with one attached hydrogen (secondary N) is 3. The number of benzene rings is 2. The fraction of sp³-hybridized carbons (Fsp3) is 0.300. The number of carbonyl (C=O) groups is 2. The van der Waals surface area contributed by atoms with E-state index in [1.165, 1.54) is 0 Å². The molecule has 0 heterocycles. The normalized spacial score (nSPS) is 14.0. The van der Waals surface area contributed by atoms with Crippen LogP contribution in [0.25, 0.3) is 0 Å². The van der Waals surface area contributed by atoms with Gasteiger partial charge in [-0.05, 0) is 43.7 Å². The van der Waals surface area contributed by atoms with E-state index >= 15 is 0 Å². The number of amides is 3. The van der Waals surface area contributed by atoms with Crippen molar-refractivity contribution >= 4 is 23.3 Å². The highest BCUT2D eigenvalue weighted by Crippen LogP contribution is 2.17. The quantitative estimate of drug-likeness (QED) is 0.639. The number of hydrogen-bond acceptors (Lipinski definition) is 3. The second-order valence-electron chi connectivity index (χ2n) is 6.45. The van der Waals surface area contributed by atoms with E-state index in [1.807, 2.05) is 63.2 Å². The Bertz CT molecular complexity index is 729. The molecular formula is C20H26N4O2. The Hall–Kier alpha value is -2.86. The van der Waals surface area contributed by atoms with Crippen LogP contribution in [0, 0.1) is 5.92 Å². The number of nitrogens with two attached hydrogens (primary N) is 1. The minimum Gasteiger partial charge on any atom is -0.349 e. The highest BCUT2D eigenvalue weighted by atomic mass is 16.2. The van der Waals surface area contributed by atoms with Gasteiger partial charge in [0.05, 0.1) is 6.04 Å². The lowest BCUT2D eigenvalue weighted by molar-refractivity contribution is -0.125. The van der Waals surface area contributed by atoms with Gasteiger partial charge in [-0.2, -0.15) is 0 Å². The second kappa shape index (κ2) is 9.01. The Labute approximate surface area is 154 Å². The molecule has 0 aliphatic heterocycles. The first-order valence-electron chi connectivity index (χ1n) is 8.66. The second-order valence-corrected chi connectivity index (χ2v) is 6.45. The zero-order valence-corrected chi connectivity index (χ0v) is 15.3. The molecule has 0 radical (unpaired) electrons. The number of carbonyl (C=O) groups excluding carboxylic acids is 2. The smallest absolute Gasteiger partial charge is 0.323 e. The predicted molar refractivity (Wildman–Crippen MR) is 105 cm³/mol. The molecule has 138 valence electrons. The van der Waals surface area contributed by atoms with Crippen molar-refractivity contribution in [2.75, 3.05) is 10.6 Å². The topological polar surface area (TPSA) is 96.2 Å². The van der Waals surface area contributed by atoms with Crippen molar-refractivity contribution < 1.29 is 9.59 Å². The molecule has 2 aromatic rings. The molecular weight excluding hydrogens is 328 g/mol. The first-order valence-corrected chi connectivity index (χ1v) is 8.66. The minimum atomic E-state index is -0.309. The van der Waals surface area contributed by atoms with Crippen molar-refractivity contribution in [2.24, 2.45) is 11.7 Å². The van der Waals surface area contributed by atoms with Crippen molar-refractivity contribution in [2.45, 2.75) is 32.9 Å². The summed E-state index contributed by atoms with van der Waals surface area (Å²) in [4.78, 5) is 24.1. The lowest BCUT2D eigenvalue weighted by Gasteiger charge is -2.20. The molecule has 6 nitrogen and oxygen atoms in total. The van der Waals surface area contributed by atoms with E-state index in [1.54, 1.807) is 12.1 Å². The zero-order chi connectivity index (χ0) is 19.1. The van der Waals surface area contributed by atoms with Gasteiger partial charge in [-0.1, -0.05) is 37.3 Å². The summed E-state index contributed by atoms with van der Waals surface area (Å²) in [5.41, 5.74) is 8.11. The summed E-state index contributed by atoms with van der Waals surface area (Å²) in [5, 5.41) is 8.49. The molecule has 0 saturated heterocycles. The number of hydrogen-bond donors (Lipinski definition) is 4. The Balaban J connectivity index is 1.91. The number of rotatable bonds is 6. The summed E-state index contributed by atoms with van der Waals surface area (Å²) in [6, 6.07) is 15.9. The van der Waals surface area contributed by atoms with E-state index in [-0.39, 0.29) is 29.9 Å². The van der Waals surface area contributed by atoms with E-state index in [9.17, 15) is 9.59 Å². The minimum absolute atomic E-state index is 0.0723. The molecule has 0 spiro atoms. The fourth-order valence-electron chi connectivity index (χ4n) is 2.34. The summed E-state index contributed by atoms with van der Waals surface area (Å²) < 4.78 is 0. The molecule has 0 saturated carbocycles. The van der Waals surface area contributed by atoms with Crippen LogP contribution in [0.15, 0.2) is 54.6 Å². The molecule has 0 aliphatic rings. The highest BCUT2D eigenvalue weighted by molar-refractivity contribution is 5.99. The van der Waals surface area contributed by atoms with Crippen LogP contribution < -0.4 is 21.7 Å². The Kier molecular flexibility index (Phi) is 6.74. The molecule has 0 aromatic heterocycles. The van der Waals surface area contributed by atoms with Gasteiger partial charge in [0.25, 0.3) is 0 Å². The number of urea groups is 1. The average molecular weight is 354 g/mol. The number of para-hydroxylation sites is 1. The Morgan fingerprint density at radius 1 is 0.846 bits per heavy atom. The van der Waals surface area contributed by atoms with Crippen LogP contribution >= 0.6 is 0 Å². The van der Waals surface area contributed by atoms with Crippen LogP contribution in [0.2, 0.25) is 0 Å². The molecule has 0 aliphatic carbocycles. The maximum absolute atomic E-state index is 12.1. The van der Waals surface area contributed by atoms with Gasteiger partial charge >= 0.3 is 6.03 Å². The molecule has 2 rings (SSSR count). The standard InChI is InChI=1S/C20H26N4O2/c1-13(14(2)21)19(25)22-15(3)16-9-11-18(12-10-16)24-20(26)23-17-7-5-4-6-8-17/h4-15H,21H2,1-3H3,(H,22,25)(H2,23,24,26). The van der Waals surface area contributed by atoms with Gasteiger partial charge in [0, 0.05) is 23.3 Å². The van der Waals surface area contributed by atoms with Crippen LogP contribution in [0.1, 0.15) is 32.4 Å². The third kappa shape index (κ3) is 5.60. The van der Waals surface area contributed by atoms with Crippen LogP contribution in [0.5, 0.6) is 0 Å². The van der Waals surface area contributed by atoms with Gasteiger partial charge in [0.1, 0.15) is 0 Å². The third-order valence-electron chi connectivity index (χ3n) is 4.26. The molecule has 0 fully saturated rings. The molecule has 0 bridgehead atoms. The lowest BCUT2D eigenvalue weighted by Crippen LogP contribution is -2.39. The van der Waals surface area contributed by atoms with Crippen molar-refractivity contribution in [1.29, 1.82) is 0 Å². The van der Waals surface area contributed by atoms with Crippen molar-refractivity contribution in [3.05, 3.63) is 60.2 Å². The average Bonchev–Trinajstić information content (AvgIpc) is 2.62. The monoisotopic (exact) mass is 354 g/mol. The molecule has 5 N–H and O–H groups in total. The van der Waals surface area contributed by atoms with E-state index in [2.05, 4.69) is 16.0 Å². The van der Waals surface area contributed by atoms with E-state index in [4.69, 9.17) is 5.73 Å². The van der Waals surface area contributed by atoms with E-state index in [0.717, 1.165) is 11.3 Å². The maximum atomic E-state index is 12.1. The summed E-state index contributed by atoms with van der Waals surface area (Å²) in [6.07, 6.45) is 0. The molecule has 2 aromatic carbocycles. The maximum Gasteiger partial charge on any atom is 0.323 e. The van der Waals surface area contributed by atoms with Crippen LogP contribution in [0.3, 0.4) is 0 Å². The van der Waals surface area contributed by atoms with E-state index in [0.29, 0.717) is 5.69 Å². The van der Waals surface area contributed by atoms with Crippen LogP contribution in [-0.4, -0.2) is 18.0 Å². The molecule has 26 heavy (non-hydrogen) atoms. The molecule has 3 atom stereocenters. The summed E-state index contributed by atoms with van der Waals surface area (Å²) in [6.45, 7) is 5.54. The van der Waals surface area contributed by atoms with Gasteiger partial charge in [-0.15, -0.1) is 0 Å². The van der Waals surface area contributed by atoms with Gasteiger partial charge in [0.15, 0.2) is 0 Å². The lowest BCUT2D eigenvalue weighted by atomic mass is 10.0. The summed E-state index contributed by atoms with van der Waals surface area (Å²) in [7, 11) is 0.